The van der Waals surface area contributed by atoms with Crippen LogP contribution in [0.4, 0.5) is 13.2 Å². The van der Waals surface area contributed by atoms with Crippen molar-refractivity contribution in [3.8, 4) is 22.8 Å². The van der Waals surface area contributed by atoms with Gasteiger partial charge in [0.15, 0.2) is 11.0 Å². The fraction of sp³-hybridized carbons (Fsp3) is 0.208. The summed E-state index contributed by atoms with van der Waals surface area (Å²) < 4.78 is 38.4. The second kappa shape index (κ2) is 8.61. The topological polar surface area (TPSA) is 57.7 Å². The zero-order valence-corrected chi connectivity index (χ0v) is 18.2. The Hall–Kier alpha value is -3.23. The number of alkyl halides is 3. The molecule has 2 aromatic heterocycles. The summed E-state index contributed by atoms with van der Waals surface area (Å²) in [7, 11) is 0. The zero-order chi connectivity index (χ0) is 23.0. The van der Waals surface area contributed by atoms with Gasteiger partial charge in [-0.05, 0) is 12.1 Å². The lowest BCUT2D eigenvalue weighted by molar-refractivity contribution is -0.137. The largest absolute Gasteiger partial charge is 0.416 e. The van der Waals surface area contributed by atoms with Crippen LogP contribution in [0.15, 0.2) is 60.8 Å². The molecule has 5 rings (SSSR count). The Balaban J connectivity index is 1.30. The summed E-state index contributed by atoms with van der Waals surface area (Å²) in [5.74, 6) is 1.16. The summed E-state index contributed by atoms with van der Waals surface area (Å²) in [6, 6.07) is 14.7. The van der Waals surface area contributed by atoms with Gasteiger partial charge < -0.3 is 4.98 Å². The molecular weight excluding hydrogens is 451 g/mol. The number of H-pyrrole nitrogens is 1. The van der Waals surface area contributed by atoms with Gasteiger partial charge in [-0.3, -0.25) is 4.90 Å². The molecule has 0 saturated heterocycles. The van der Waals surface area contributed by atoms with Gasteiger partial charge in [-0.25, -0.2) is 15.0 Å². The molecule has 0 fully saturated rings. The minimum atomic E-state index is -4.36. The maximum atomic E-state index is 12.8. The van der Waals surface area contributed by atoms with Crippen molar-refractivity contribution >= 4 is 11.6 Å². The van der Waals surface area contributed by atoms with E-state index in [-0.39, 0.29) is 0 Å². The maximum absolute atomic E-state index is 12.8. The van der Waals surface area contributed by atoms with E-state index in [1.807, 2.05) is 30.3 Å². The van der Waals surface area contributed by atoms with E-state index in [4.69, 9.17) is 11.6 Å². The van der Waals surface area contributed by atoms with Crippen molar-refractivity contribution in [3.63, 3.8) is 0 Å². The van der Waals surface area contributed by atoms with E-state index in [0.29, 0.717) is 36.1 Å². The van der Waals surface area contributed by atoms with Crippen molar-refractivity contribution < 1.29 is 13.2 Å². The molecule has 0 saturated carbocycles. The highest BCUT2D eigenvalue weighted by Crippen LogP contribution is 2.31. The van der Waals surface area contributed by atoms with Crippen LogP contribution in [0.5, 0.6) is 0 Å². The fourth-order valence-electron chi connectivity index (χ4n) is 3.91. The third kappa shape index (κ3) is 4.62. The van der Waals surface area contributed by atoms with E-state index < -0.39 is 11.7 Å². The van der Waals surface area contributed by atoms with Gasteiger partial charge in [0.05, 0.1) is 17.0 Å². The minimum Gasteiger partial charge on any atom is -0.339 e. The minimum absolute atomic E-state index is 0.431. The Labute approximate surface area is 193 Å². The summed E-state index contributed by atoms with van der Waals surface area (Å²) in [6.45, 7) is 2.03. The lowest BCUT2D eigenvalue weighted by atomic mass is 10.1. The first kappa shape index (κ1) is 21.6. The van der Waals surface area contributed by atoms with Crippen LogP contribution in [-0.2, 0) is 25.7 Å². The molecule has 0 aliphatic carbocycles. The number of benzene rings is 2. The second-order valence-corrected chi connectivity index (χ2v) is 8.28. The summed E-state index contributed by atoms with van der Waals surface area (Å²) in [5.41, 5.74) is 3.60. The molecule has 168 valence electrons. The Morgan fingerprint density at radius 1 is 0.970 bits per heavy atom. The first-order chi connectivity index (χ1) is 15.9. The number of hydrogen-bond acceptors (Lipinski definition) is 4. The molecule has 2 aromatic carbocycles. The number of rotatable bonds is 4. The van der Waals surface area contributed by atoms with Crippen molar-refractivity contribution in [3.05, 3.63) is 88.5 Å². The van der Waals surface area contributed by atoms with Gasteiger partial charge in [-0.2, -0.15) is 13.2 Å². The van der Waals surface area contributed by atoms with E-state index in [0.717, 1.165) is 47.0 Å². The quantitative estimate of drug-likeness (QED) is 0.412. The van der Waals surface area contributed by atoms with E-state index in [9.17, 15) is 13.2 Å². The number of nitrogens with zero attached hydrogens (tertiary/aromatic N) is 4. The molecule has 33 heavy (non-hydrogen) atoms. The van der Waals surface area contributed by atoms with Crippen LogP contribution in [0.25, 0.3) is 22.8 Å². The summed E-state index contributed by atoms with van der Waals surface area (Å²) in [4.78, 5) is 19.0. The Morgan fingerprint density at radius 2 is 1.73 bits per heavy atom. The Morgan fingerprint density at radius 3 is 2.45 bits per heavy atom. The summed E-state index contributed by atoms with van der Waals surface area (Å²) in [6.07, 6.45) is -1.90. The van der Waals surface area contributed by atoms with Crippen molar-refractivity contribution in [1.82, 2.24) is 24.8 Å². The predicted octanol–water partition coefficient (Wildman–Crippen LogP) is 5.76. The van der Waals surface area contributed by atoms with Crippen LogP contribution < -0.4 is 0 Å². The second-order valence-electron chi connectivity index (χ2n) is 7.92. The van der Waals surface area contributed by atoms with Gasteiger partial charge >= 0.3 is 6.18 Å². The highest BCUT2D eigenvalue weighted by atomic mass is 35.5. The molecule has 1 N–H and O–H groups in total. The van der Waals surface area contributed by atoms with Crippen LogP contribution in [0, 0.1) is 0 Å². The predicted molar refractivity (Wildman–Crippen MR) is 119 cm³/mol. The SMILES string of the molecule is FC(F)(F)c1ccc(-c2ncc3c(n2)CCN(Cc2[nH]c(-c4ccccc4)nc2Cl)C3)cc1. The lowest BCUT2D eigenvalue weighted by Gasteiger charge is -2.27. The molecule has 0 amide bonds. The fourth-order valence-corrected chi connectivity index (χ4v) is 4.10. The number of aromatic amines is 1. The van der Waals surface area contributed by atoms with Crippen molar-refractivity contribution in [2.45, 2.75) is 25.7 Å². The van der Waals surface area contributed by atoms with Crippen LogP contribution in [0.2, 0.25) is 5.15 Å². The first-order valence-corrected chi connectivity index (χ1v) is 10.8. The van der Waals surface area contributed by atoms with Crippen LogP contribution in [-0.4, -0.2) is 31.4 Å². The number of fused-ring (bicyclic) bond motifs is 1. The monoisotopic (exact) mass is 469 g/mol. The molecule has 1 aliphatic rings. The van der Waals surface area contributed by atoms with Gasteiger partial charge in [-0.1, -0.05) is 54.1 Å². The molecule has 0 spiro atoms. The van der Waals surface area contributed by atoms with Crippen LogP contribution in [0.1, 0.15) is 22.5 Å². The molecule has 9 heteroatoms. The summed E-state index contributed by atoms with van der Waals surface area (Å²) in [5, 5.41) is 0.452. The normalized spacial score (nSPS) is 14.3. The lowest BCUT2D eigenvalue weighted by Crippen LogP contribution is -2.31. The highest BCUT2D eigenvalue weighted by Gasteiger charge is 2.30. The van der Waals surface area contributed by atoms with E-state index in [2.05, 4.69) is 24.8 Å². The van der Waals surface area contributed by atoms with Gasteiger partial charge in [0.1, 0.15) is 5.82 Å². The highest BCUT2D eigenvalue weighted by molar-refractivity contribution is 6.30. The van der Waals surface area contributed by atoms with Crippen molar-refractivity contribution in [1.29, 1.82) is 0 Å². The zero-order valence-electron chi connectivity index (χ0n) is 17.4. The molecule has 4 aromatic rings. The standard InChI is InChI=1S/C24H19ClF3N5/c25-21-20(31-23(32-21)15-4-2-1-3-5-15)14-33-11-10-19-17(13-33)12-29-22(30-19)16-6-8-18(9-7-16)24(26,27)28/h1-9,12H,10-11,13-14H2,(H,31,32). The average Bonchev–Trinajstić information content (AvgIpc) is 3.19. The molecule has 1 aliphatic heterocycles. The van der Waals surface area contributed by atoms with Gasteiger partial charge in [0.25, 0.3) is 0 Å². The molecular formula is C24H19ClF3N5. The molecule has 0 radical (unpaired) electrons. The average molecular weight is 470 g/mol. The number of nitrogens with one attached hydrogen (secondary N) is 1. The molecule has 3 heterocycles. The van der Waals surface area contributed by atoms with Gasteiger partial charge in [0, 0.05) is 48.9 Å². The smallest absolute Gasteiger partial charge is 0.339 e. The molecule has 0 unspecified atom stereocenters. The van der Waals surface area contributed by atoms with E-state index >= 15 is 0 Å². The number of imidazole rings is 1. The van der Waals surface area contributed by atoms with E-state index in [1.165, 1.54) is 12.1 Å². The Bertz CT molecular complexity index is 1270. The van der Waals surface area contributed by atoms with Crippen molar-refractivity contribution in [2.75, 3.05) is 6.54 Å². The third-order valence-corrected chi connectivity index (χ3v) is 5.95. The maximum Gasteiger partial charge on any atom is 0.416 e. The van der Waals surface area contributed by atoms with Gasteiger partial charge in [0.2, 0.25) is 0 Å². The number of aromatic nitrogens is 4. The molecule has 0 atom stereocenters. The van der Waals surface area contributed by atoms with E-state index in [1.54, 1.807) is 6.20 Å². The summed E-state index contributed by atoms with van der Waals surface area (Å²) >= 11 is 6.38. The van der Waals surface area contributed by atoms with Crippen molar-refractivity contribution in [2.24, 2.45) is 0 Å². The number of halogens is 4. The molecule has 0 bridgehead atoms. The van der Waals surface area contributed by atoms with Crippen LogP contribution >= 0.6 is 11.6 Å². The first-order valence-electron chi connectivity index (χ1n) is 10.4. The Kier molecular flexibility index (Phi) is 5.64. The third-order valence-electron chi connectivity index (χ3n) is 5.64. The van der Waals surface area contributed by atoms with Gasteiger partial charge in [-0.15, -0.1) is 0 Å². The van der Waals surface area contributed by atoms with Crippen LogP contribution in [0.3, 0.4) is 0 Å². The number of hydrogen-bond donors (Lipinski definition) is 1. The molecule has 5 nitrogen and oxygen atoms in total.